The highest BCUT2D eigenvalue weighted by Crippen LogP contribution is 2.59. The minimum Gasteiger partial charge on any atom is -0.351 e. The normalized spacial score (nSPS) is 22.5. The van der Waals surface area contributed by atoms with Gasteiger partial charge in [0.05, 0.1) is 16.1 Å². The van der Waals surface area contributed by atoms with Gasteiger partial charge in [-0.25, -0.2) is 18.4 Å². The minimum atomic E-state index is -3.53. The maximum Gasteiger partial charge on any atom is 0.256 e. The van der Waals surface area contributed by atoms with Gasteiger partial charge in [-0.2, -0.15) is 9.29 Å². The van der Waals surface area contributed by atoms with Crippen LogP contribution in [0.3, 0.4) is 0 Å². The molecule has 0 bridgehead atoms. The molecule has 1 aromatic heterocycles. The summed E-state index contributed by atoms with van der Waals surface area (Å²) in [4.78, 5) is 28.8. The molecule has 1 saturated heterocycles. The molecule has 0 radical (unpaired) electrons. The number of amides is 1. The highest BCUT2D eigenvalue weighted by atomic mass is 35.5. The first-order valence-electron chi connectivity index (χ1n) is 13.1. The van der Waals surface area contributed by atoms with Crippen molar-refractivity contribution in [2.75, 3.05) is 29.9 Å². The van der Waals surface area contributed by atoms with Crippen LogP contribution in [0.2, 0.25) is 5.02 Å². The van der Waals surface area contributed by atoms with E-state index in [-0.39, 0.29) is 17.0 Å². The number of carbonyl (C=O) groups is 1. The van der Waals surface area contributed by atoms with E-state index in [0.29, 0.717) is 54.8 Å². The van der Waals surface area contributed by atoms with Gasteiger partial charge in [-0.15, -0.1) is 0 Å². The molecule has 5 heterocycles. The van der Waals surface area contributed by atoms with Crippen LogP contribution in [-0.4, -0.2) is 59.3 Å². The maximum absolute atomic E-state index is 13.7. The Bertz CT molecular complexity index is 1510. The monoisotopic (exact) mass is 553 g/mol. The van der Waals surface area contributed by atoms with Gasteiger partial charge < -0.3 is 10.6 Å². The molecule has 1 aromatic carbocycles. The first-order valence-corrected chi connectivity index (χ1v) is 14.9. The van der Waals surface area contributed by atoms with E-state index in [0.717, 1.165) is 43.5 Å². The minimum absolute atomic E-state index is 0.0116. The molecule has 2 fully saturated rings. The summed E-state index contributed by atoms with van der Waals surface area (Å²) in [5.74, 6) is 1.04. The number of hydrogen-bond acceptors (Lipinski definition) is 8. The van der Waals surface area contributed by atoms with Crippen LogP contribution in [0.1, 0.15) is 48.8 Å². The van der Waals surface area contributed by atoms with Crippen molar-refractivity contribution in [1.82, 2.24) is 19.6 Å². The highest BCUT2D eigenvalue weighted by molar-refractivity contribution is 8.04. The van der Waals surface area contributed by atoms with Crippen LogP contribution in [0.25, 0.3) is 0 Å². The zero-order valence-corrected chi connectivity index (χ0v) is 22.4. The predicted octanol–water partition coefficient (Wildman–Crippen LogP) is 3.01. The van der Waals surface area contributed by atoms with Gasteiger partial charge in [-0.3, -0.25) is 9.69 Å². The number of halogens is 1. The van der Waals surface area contributed by atoms with E-state index in [1.54, 1.807) is 23.4 Å². The van der Waals surface area contributed by atoms with E-state index in [1.807, 2.05) is 12.1 Å². The Morgan fingerprint density at radius 3 is 2.71 bits per heavy atom. The molecule has 2 aromatic rings. The Hall–Kier alpha value is -2.86. The summed E-state index contributed by atoms with van der Waals surface area (Å²) < 4.78 is 27.2. The number of aliphatic imine (C=N–C) groups is 1. The topological polar surface area (TPSA) is 120 Å². The van der Waals surface area contributed by atoms with E-state index in [9.17, 15) is 13.2 Å². The fraction of sp³-hybridized carbons (Fsp3) is 0.462. The number of sulfonamides is 1. The van der Waals surface area contributed by atoms with Crippen molar-refractivity contribution in [1.29, 1.82) is 0 Å². The lowest BCUT2D eigenvalue weighted by atomic mass is 9.99. The molecule has 5 aliphatic rings. The number of anilines is 3. The lowest BCUT2D eigenvalue weighted by Gasteiger charge is -2.31. The van der Waals surface area contributed by atoms with Gasteiger partial charge in [0.25, 0.3) is 10.0 Å². The number of rotatable bonds is 4. The van der Waals surface area contributed by atoms with Gasteiger partial charge in [0.15, 0.2) is 5.04 Å². The van der Waals surface area contributed by atoms with Gasteiger partial charge in [0, 0.05) is 50.1 Å². The van der Waals surface area contributed by atoms with Gasteiger partial charge in [-0.1, -0.05) is 17.7 Å². The van der Waals surface area contributed by atoms with Crippen LogP contribution in [0.4, 0.5) is 17.5 Å². The second kappa shape index (κ2) is 8.84. The first-order chi connectivity index (χ1) is 18.4. The third-order valence-corrected chi connectivity index (χ3v) is 10.5. The van der Waals surface area contributed by atoms with Crippen LogP contribution in [0.15, 0.2) is 35.6 Å². The summed E-state index contributed by atoms with van der Waals surface area (Å²) in [7, 11) is -3.53. The molecule has 0 unspecified atom stereocenters. The van der Waals surface area contributed by atoms with Crippen LogP contribution < -0.4 is 15.5 Å². The van der Waals surface area contributed by atoms with Gasteiger partial charge in [0.1, 0.15) is 5.82 Å². The molecule has 4 aliphatic heterocycles. The summed E-state index contributed by atoms with van der Waals surface area (Å²) in [6, 6.07) is 4.01. The van der Waals surface area contributed by atoms with Crippen molar-refractivity contribution in [2.24, 2.45) is 4.99 Å². The Morgan fingerprint density at radius 2 is 1.97 bits per heavy atom. The quantitative estimate of drug-likeness (QED) is 0.597. The molecule has 12 heteroatoms. The van der Waals surface area contributed by atoms with Crippen molar-refractivity contribution >= 4 is 50.0 Å². The summed E-state index contributed by atoms with van der Waals surface area (Å²) in [6.07, 6.45) is 9.12. The number of nitrogens with zero attached hydrogens (tertiary/aromatic N) is 5. The van der Waals surface area contributed by atoms with Crippen molar-refractivity contribution in [3.8, 4) is 0 Å². The molecule has 10 nitrogen and oxygen atoms in total. The molecular weight excluding hydrogens is 526 g/mol. The third kappa shape index (κ3) is 3.78. The molecule has 7 rings (SSSR count). The molecule has 38 heavy (non-hydrogen) atoms. The standard InChI is InChI=1S/C26H28ClN7O3S/c27-20-12-17-14-28-9-3-16(17)13-21(20)34-23-19(26(6-7-26)24(34)35)15-30-25(32-23)31-18-4-10-33(11-5-18)38(36,37)22-2-1-8-29-22/h1,8,12-13,15,18,28H,2-7,9-11,14H2,(H,30,31,32). The van der Waals surface area contributed by atoms with Crippen LogP contribution >= 0.6 is 11.6 Å². The average Bonchev–Trinajstić information content (AvgIpc) is 3.44. The number of fused-ring (bicyclic) bond motifs is 3. The zero-order chi connectivity index (χ0) is 26.1. The number of piperidine rings is 1. The summed E-state index contributed by atoms with van der Waals surface area (Å²) in [5, 5.41) is 7.49. The Labute approximate surface area is 226 Å². The number of benzene rings is 1. The number of nitrogens with one attached hydrogen (secondary N) is 2. The van der Waals surface area contributed by atoms with Crippen molar-refractivity contribution in [3.63, 3.8) is 0 Å². The Balaban J connectivity index is 1.13. The van der Waals surface area contributed by atoms with E-state index < -0.39 is 15.4 Å². The van der Waals surface area contributed by atoms with E-state index in [1.165, 1.54) is 9.87 Å². The molecule has 0 atom stereocenters. The fourth-order valence-corrected chi connectivity index (χ4v) is 7.72. The van der Waals surface area contributed by atoms with Crippen LogP contribution in [0, 0.1) is 0 Å². The molecule has 1 amide bonds. The largest absolute Gasteiger partial charge is 0.351 e. The Kier molecular flexibility index (Phi) is 5.63. The van der Waals surface area contributed by atoms with Crippen LogP contribution in [0.5, 0.6) is 0 Å². The number of carbonyl (C=O) groups excluding carboxylic acids is 1. The van der Waals surface area contributed by atoms with Crippen molar-refractivity contribution < 1.29 is 13.2 Å². The van der Waals surface area contributed by atoms with E-state index in [4.69, 9.17) is 16.6 Å². The smallest absolute Gasteiger partial charge is 0.256 e. The van der Waals surface area contributed by atoms with E-state index >= 15 is 0 Å². The maximum atomic E-state index is 13.7. The predicted molar refractivity (Wildman–Crippen MR) is 145 cm³/mol. The van der Waals surface area contributed by atoms with Crippen molar-refractivity contribution in [2.45, 2.75) is 56.5 Å². The SMILES string of the molecule is O=C1N(c2cc3c(cc2Cl)CNCC3)c2nc(NC3CCN(S(=O)(=O)C4=NC=CC4)CC3)ncc2C12CC2. The van der Waals surface area contributed by atoms with Gasteiger partial charge in [0.2, 0.25) is 11.9 Å². The van der Waals surface area contributed by atoms with E-state index in [2.05, 4.69) is 20.6 Å². The average molecular weight is 554 g/mol. The summed E-state index contributed by atoms with van der Waals surface area (Å²) in [6.45, 7) is 2.46. The summed E-state index contributed by atoms with van der Waals surface area (Å²) in [5.41, 5.74) is 3.34. The van der Waals surface area contributed by atoms with Crippen LogP contribution in [-0.2, 0) is 33.2 Å². The van der Waals surface area contributed by atoms with Crippen molar-refractivity contribution in [3.05, 3.63) is 52.3 Å². The second-order valence-corrected chi connectivity index (χ2v) is 12.9. The third-order valence-electron chi connectivity index (χ3n) is 8.30. The first kappa shape index (κ1) is 24.2. The molecule has 198 valence electrons. The van der Waals surface area contributed by atoms with Gasteiger partial charge in [-0.05, 0) is 61.9 Å². The van der Waals surface area contributed by atoms with Gasteiger partial charge >= 0.3 is 0 Å². The molecule has 1 saturated carbocycles. The second-order valence-electron chi connectivity index (χ2n) is 10.6. The molecule has 1 aliphatic carbocycles. The number of hydrogen-bond donors (Lipinski definition) is 2. The lowest BCUT2D eigenvalue weighted by Crippen LogP contribution is -2.44. The lowest BCUT2D eigenvalue weighted by molar-refractivity contribution is -0.119. The molecular formula is C26H28ClN7O3S. The number of aromatic nitrogens is 2. The zero-order valence-electron chi connectivity index (χ0n) is 20.8. The molecule has 2 N–H and O–H groups in total. The fourth-order valence-electron chi connectivity index (χ4n) is 5.95. The highest BCUT2D eigenvalue weighted by Gasteiger charge is 2.61. The molecule has 1 spiro atoms. The summed E-state index contributed by atoms with van der Waals surface area (Å²) >= 11 is 6.73. The number of allylic oxidation sites excluding steroid dienone is 1. The Morgan fingerprint density at radius 1 is 1.16 bits per heavy atom.